The lowest BCUT2D eigenvalue weighted by molar-refractivity contribution is -0.125. The van der Waals surface area contributed by atoms with Crippen molar-refractivity contribution in [2.75, 3.05) is 37.3 Å². The van der Waals surface area contributed by atoms with Gasteiger partial charge in [0.1, 0.15) is 17.7 Å². The third kappa shape index (κ3) is 6.00. The SMILES string of the molecule is C#Cc1cc(CN2C(C(F)(F)F)=CC=C(CC=C)C2N2CCOCC2)cc(F)c1NS(C)(=O)=O. The number of benzene rings is 1. The molecule has 2 heterocycles. The Morgan fingerprint density at radius 1 is 1.29 bits per heavy atom. The lowest BCUT2D eigenvalue weighted by Gasteiger charge is -2.46. The van der Waals surface area contributed by atoms with Gasteiger partial charge in [-0.25, -0.2) is 12.8 Å². The molecule has 1 N–H and O–H groups in total. The van der Waals surface area contributed by atoms with Gasteiger partial charge in [0.05, 0.1) is 30.7 Å². The number of terminal acetylenes is 1. The lowest BCUT2D eigenvalue weighted by atomic mass is 9.99. The van der Waals surface area contributed by atoms with Crippen molar-refractivity contribution in [1.82, 2.24) is 9.80 Å². The highest BCUT2D eigenvalue weighted by Gasteiger charge is 2.44. The van der Waals surface area contributed by atoms with Crippen LogP contribution in [0.25, 0.3) is 0 Å². The van der Waals surface area contributed by atoms with Gasteiger partial charge in [-0.3, -0.25) is 9.62 Å². The van der Waals surface area contributed by atoms with Crippen LogP contribution in [0.1, 0.15) is 17.5 Å². The van der Waals surface area contributed by atoms with Crippen LogP contribution < -0.4 is 4.72 Å². The van der Waals surface area contributed by atoms with E-state index in [9.17, 15) is 26.0 Å². The number of morpholine rings is 1. The molecule has 0 amide bonds. The van der Waals surface area contributed by atoms with Gasteiger partial charge in [-0.1, -0.05) is 18.1 Å². The second-order valence-corrected chi connectivity index (χ2v) is 9.70. The van der Waals surface area contributed by atoms with Gasteiger partial charge in [0, 0.05) is 19.6 Å². The molecule has 1 saturated heterocycles. The Morgan fingerprint density at radius 3 is 2.53 bits per heavy atom. The first kappa shape index (κ1) is 25.8. The van der Waals surface area contributed by atoms with Crippen LogP contribution in [-0.4, -0.2) is 63.1 Å². The third-order valence-corrected chi connectivity index (χ3v) is 5.97. The number of anilines is 1. The lowest BCUT2D eigenvalue weighted by Crippen LogP contribution is -2.55. The molecule has 0 saturated carbocycles. The molecule has 0 aromatic heterocycles. The average Bonchev–Trinajstić information content (AvgIpc) is 2.75. The molecule has 2 aliphatic rings. The Morgan fingerprint density at radius 2 is 1.97 bits per heavy atom. The molecule has 1 unspecified atom stereocenters. The smallest absolute Gasteiger partial charge is 0.379 e. The first-order valence-electron chi connectivity index (χ1n) is 10.4. The second-order valence-electron chi connectivity index (χ2n) is 7.95. The summed E-state index contributed by atoms with van der Waals surface area (Å²) < 4.78 is 87.5. The Kier molecular flexibility index (Phi) is 7.75. The predicted molar refractivity (Wildman–Crippen MR) is 122 cm³/mol. The summed E-state index contributed by atoms with van der Waals surface area (Å²) >= 11 is 0. The summed E-state index contributed by atoms with van der Waals surface area (Å²) in [5, 5.41) is 0. The Bertz CT molecular complexity index is 1150. The molecule has 0 bridgehead atoms. The summed E-state index contributed by atoms with van der Waals surface area (Å²) in [7, 11) is -3.83. The van der Waals surface area contributed by atoms with E-state index in [1.54, 1.807) is 6.08 Å². The molecule has 34 heavy (non-hydrogen) atoms. The van der Waals surface area contributed by atoms with Crippen molar-refractivity contribution in [3.05, 3.63) is 65.2 Å². The molecule has 1 fully saturated rings. The Labute approximate surface area is 196 Å². The summed E-state index contributed by atoms with van der Waals surface area (Å²) in [5.41, 5.74) is -0.538. The van der Waals surface area contributed by atoms with Gasteiger partial charge < -0.3 is 9.64 Å². The van der Waals surface area contributed by atoms with E-state index in [4.69, 9.17) is 11.2 Å². The molecule has 0 spiro atoms. The minimum Gasteiger partial charge on any atom is -0.379 e. The minimum absolute atomic E-state index is 0.111. The molecule has 1 aromatic rings. The normalized spacial score (nSPS) is 19.8. The van der Waals surface area contributed by atoms with Crippen LogP contribution >= 0.6 is 0 Å². The van der Waals surface area contributed by atoms with E-state index in [0.717, 1.165) is 18.4 Å². The van der Waals surface area contributed by atoms with Gasteiger partial charge in [0.15, 0.2) is 0 Å². The van der Waals surface area contributed by atoms with Gasteiger partial charge >= 0.3 is 6.18 Å². The van der Waals surface area contributed by atoms with Crippen LogP contribution in [0.5, 0.6) is 0 Å². The highest BCUT2D eigenvalue weighted by atomic mass is 32.2. The molecule has 11 heteroatoms. The zero-order chi connectivity index (χ0) is 25.1. The van der Waals surface area contributed by atoms with Gasteiger partial charge in [-0.2, -0.15) is 13.2 Å². The van der Waals surface area contributed by atoms with Crippen molar-refractivity contribution in [1.29, 1.82) is 0 Å². The number of sulfonamides is 1. The largest absolute Gasteiger partial charge is 0.431 e. The van der Waals surface area contributed by atoms with Gasteiger partial charge in [0.2, 0.25) is 10.0 Å². The molecule has 1 aromatic carbocycles. The molecule has 0 radical (unpaired) electrons. The van der Waals surface area contributed by atoms with Crippen LogP contribution in [0.15, 0.2) is 48.2 Å². The molecular formula is C23H25F4N3O3S. The maximum Gasteiger partial charge on any atom is 0.431 e. The van der Waals surface area contributed by atoms with Crippen LogP contribution in [0.2, 0.25) is 0 Å². The van der Waals surface area contributed by atoms with Gasteiger partial charge in [-0.05, 0) is 35.8 Å². The Hall–Kier alpha value is -2.81. The zero-order valence-corrected chi connectivity index (χ0v) is 19.3. The third-order valence-electron chi connectivity index (χ3n) is 5.40. The summed E-state index contributed by atoms with van der Waals surface area (Å²) in [6, 6.07) is 2.30. The fourth-order valence-corrected chi connectivity index (χ4v) is 4.65. The molecule has 0 aliphatic carbocycles. The fourth-order valence-electron chi connectivity index (χ4n) is 4.08. The Balaban J connectivity index is 2.07. The standard InChI is InChI=1S/C23H25F4N3O3S/c1-4-6-18-7-8-20(23(25,26)27)30(22(18)29-9-11-33-12-10-29)15-16-13-17(5-2)21(19(24)14-16)28-34(3,31)32/h2,4,7-8,13-14,22,28H,1,6,9-12,15H2,3H3. The number of ether oxygens (including phenoxy) is 1. The van der Waals surface area contributed by atoms with E-state index in [0.29, 0.717) is 38.3 Å². The monoisotopic (exact) mass is 499 g/mol. The number of rotatable bonds is 7. The number of nitrogens with one attached hydrogen (secondary N) is 1. The first-order chi connectivity index (χ1) is 15.9. The molecule has 1 atom stereocenters. The summed E-state index contributed by atoms with van der Waals surface area (Å²) in [4.78, 5) is 3.05. The van der Waals surface area contributed by atoms with E-state index < -0.39 is 39.6 Å². The van der Waals surface area contributed by atoms with Crippen molar-refractivity contribution in [3.63, 3.8) is 0 Å². The topological polar surface area (TPSA) is 61.9 Å². The predicted octanol–water partition coefficient (Wildman–Crippen LogP) is 3.60. The molecular weight excluding hydrogens is 474 g/mol. The van der Waals surface area contributed by atoms with E-state index in [-0.39, 0.29) is 17.7 Å². The maximum atomic E-state index is 14.8. The minimum atomic E-state index is -4.66. The van der Waals surface area contributed by atoms with E-state index in [1.165, 1.54) is 17.0 Å². The number of alkyl halides is 3. The van der Waals surface area contributed by atoms with Crippen LogP contribution in [0.3, 0.4) is 0 Å². The number of allylic oxidation sites excluding steroid dienone is 4. The highest BCUT2D eigenvalue weighted by molar-refractivity contribution is 7.92. The van der Waals surface area contributed by atoms with Crippen molar-refractivity contribution < 1.29 is 30.7 Å². The summed E-state index contributed by atoms with van der Waals surface area (Å²) in [6.45, 7) is 4.98. The number of nitrogens with zero attached hydrogens (tertiary/aromatic N) is 2. The molecule has 6 nitrogen and oxygen atoms in total. The molecule has 184 valence electrons. The van der Waals surface area contributed by atoms with Crippen molar-refractivity contribution in [2.24, 2.45) is 0 Å². The van der Waals surface area contributed by atoms with E-state index >= 15 is 0 Å². The maximum absolute atomic E-state index is 14.8. The fraction of sp³-hybridized carbons (Fsp3) is 0.391. The number of hydrogen-bond donors (Lipinski definition) is 1. The van der Waals surface area contributed by atoms with Crippen molar-refractivity contribution in [2.45, 2.75) is 25.3 Å². The van der Waals surface area contributed by atoms with Crippen molar-refractivity contribution in [3.8, 4) is 12.3 Å². The second kappa shape index (κ2) is 10.2. The van der Waals surface area contributed by atoms with Gasteiger partial charge in [-0.15, -0.1) is 13.0 Å². The summed E-state index contributed by atoms with van der Waals surface area (Å²) in [5.74, 6) is 1.23. The molecule has 3 rings (SSSR count). The van der Waals surface area contributed by atoms with E-state index in [1.807, 2.05) is 9.62 Å². The average molecular weight is 500 g/mol. The quantitative estimate of drug-likeness (QED) is 0.353. The van der Waals surface area contributed by atoms with Gasteiger partial charge in [0.25, 0.3) is 0 Å². The first-order valence-corrected chi connectivity index (χ1v) is 12.3. The van der Waals surface area contributed by atoms with Crippen LogP contribution in [-0.2, 0) is 21.3 Å². The van der Waals surface area contributed by atoms with E-state index in [2.05, 4.69) is 12.5 Å². The summed E-state index contributed by atoms with van der Waals surface area (Å²) in [6.07, 6.45) is 5.31. The number of halogens is 4. The van der Waals surface area contributed by atoms with Crippen LogP contribution in [0.4, 0.5) is 23.2 Å². The molecule has 2 aliphatic heterocycles. The number of hydrogen-bond acceptors (Lipinski definition) is 5. The highest BCUT2D eigenvalue weighted by Crippen LogP contribution is 2.38. The van der Waals surface area contributed by atoms with Crippen LogP contribution in [0, 0.1) is 18.2 Å². The zero-order valence-electron chi connectivity index (χ0n) is 18.5. The van der Waals surface area contributed by atoms with Crippen molar-refractivity contribution >= 4 is 15.7 Å².